The summed E-state index contributed by atoms with van der Waals surface area (Å²) in [6.07, 6.45) is 3.14. The molecule has 0 aromatic rings. The zero-order chi connectivity index (χ0) is 14.5. The summed E-state index contributed by atoms with van der Waals surface area (Å²) < 4.78 is 9.85. The third-order valence-electron chi connectivity index (χ3n) is 3.27. The third-order valence-corrected chi connectivity index (χ3v) is 3.27. The monoisotopic (exact) mass is 271 g/mol. The van der Waals surface area contributed by atoms with Crippen molar-refractivity contribution in [2.75, 3.05) is 13.7 Å². The molecule has 5 heteroatoms. The highest BCUT2D eigenvalue weighted by Crippen LogP contribution is 2.32. The highest BCUT2D eigenvalue weighted by molar-refractivity contribution is 5.69. The second kappa shape index (κ2) is 6.78. The number of rotatable bonds is 4. The minimum atomic E-state index is -0.465. The van der Waals surface area contributed by atoms with E-state index in [9.17, 15) is 9.59 Å². The molecular formula is C14H25NO4. The topological polar surface area (TPSA) is 64.6 Å². The van der Waals surface area contributed by atoms with Gasteiger partial charge >= 0.3 is 12.1 Å². The first-order valence-corrected chi connectivity index (χ1v) is 6.84. The van der Waals surface area contributed by atoms with E-state index in [4.69, 9.17) is 4.74 Å². The maximum Gasteiger partial charge on any atom is 0.407 e. The van der Waals surface area contributed by atoms with E-state index in [0.717, 1.165) is 19.3 Å². The zero-order valence-electron chi connectivity index (χ0n) is 12.3. The molecule has 1 N–H and O–H groups in total. The number of amides is 1. The minimum Gasteiger partial charge on any atom is -0.469 e. The van der Waals surface area contributed by atoms with Gasteiger partial charge in [0.25, 0.3) is 0 Å². The number of carbonyl (C=O) groups excluding carboxylic acids is 2. The summed E-state index contributed by atoms with van der Waals surface area (Å²) >= 11 is 0. The summed E-state index contributed by atoms with van der Waals surface area (Å²) in [5, 5.41) is 2.79. The molecule has 0 spiro atoms. The molecule has 1 aliphatic carbocycles. The second-order valence-corrected chi connectivity index (χ2v) is 6.21. The van der Waals surface area contributed by atoms with E-state index >= 15 is 0 Å². The Morgan fingerprint density at radius 3 is 2.42 bits per heavy atom. The summed E-state index contributed by atoms with van der Waals surface area (Å²) in [5.74, 6) is 0.672. The molecule has 1 rings (SSSR count). The van der Waals surface area contributed by atoms with E-state index in [0.29, 0.717) is 24.8 Å². The smallest absolute Gasteiger partial charge is 0.407 e. The summed E-state index contributed by atoms with van der Waals surface area (Å²) in [6, 6.07) is 0. The minimum absolute atomic E-state index is 0.147. The van der Waals surface area contributed by atoms with Crippen LogP contribution in [0.25, 0.3) is 0 Å². The molecule has 0 radical (unpaired) electrons. The number of ether oxygens (including phenoxy) is 2. The first-order valence-electron chi connectivity index (χ1n) is 6.84. The Bertz CT molecular complexity index is 322. The lowest BCUT2D eigenvalue weighted by atomic mass is 10.0. The van der Waals surface area contributed by atoms with Crippen LogP contribution in [0.3, 0.4) is 0 Å². The maximum atomic E-state index is 11.5. The van der Waals surface area contributed by atoms with Crippen molar-refractivity contribution in [2.24, 2.45) is 11.8 Å². The fourth-order valence-corrected chi connectivity index (χ4v) is 2.41. The largest absolute Gasteiger partial charge is 0.469 e. The Labute approximate surface area is 115 Å². The lowest BCUT2D eigenvalue weighted by Gasteiger charge is -2.20. The van der Waals surface area contributed by atoms with Crippen LogP contribution in [0.5, 0.6) is 0 Å². The summed E-state index contributed by atoms with van der Waals surface area (Å²) in [4.78, 5) is 22.7. The van der Waals surface area contributed by atoms with Crippen LogP contribution < -0.4 is 5.32 Å². The number of carbonyl (C=O) groups is 2. The Kier molecular flexibility index (Phi) is 5.63. The first-order chi connectivity index (χ1) is 8.80. The number of hydrogen-bond acceptors (Lipinski definition) is 4. The van der Waals surface area contributed by atoms with E-state index in [1.807, 2.05) is 20.8 Å². The number of hydrogen-bond donors (Lipinski definition) is 1. The molecule has 19 heavy (non-hydrogen) atoms. The second-order valence-electron chi connectivity index (χ2n) is 6.21. The lowest BCUT2D eigenvalue weighted by molar-refractivity contribution is -0.141. The van der Waals surface area contributed by atoms with E-state index in [-0.39, 0.29) is 12.1 Å². The van der Waals surface area contributed by atoms with Crippen molar-refractivity contribution in [1.29, 1.82) is 0 Å². The van der Waals surface area contributed by atoms with E-state index in [1.54, 1.807) is 0 Å². The van der Waals surface area contributed by atoms with Crippen molar-refractivity contribution in [3.05, 3.63) is 0 Å². The van der Waals surface area contributed by atoms with Crippen molar-refractivity contribution in [2.45, 2.75) is 52.1 Å². The van der Waals surface area contributed by atoms with E-state index in [2.05, 4.69) is 10.1 Å². The van der Waals surface area contributed by atoms with Gasteiger partial charge in [-0.1, -0.05) is 0 Å². The van der Waals surface area contributed by atoms with Gasteiger partial charge in [-0.05, 0) is 51.9 Å². The molecule has 2 atom stereocenters. The van der Waals surface area contributed by atoms with Crippen molar-refractivity contribution in [3.63, 3.8) is 0 Å². The van der Waals surface area contributed by atoms with Crippen LogP contribution in [-0.4, -0.2) is 31.3 Å². The number of alkyl carbamates (subject to hydrolysis) is 1. The van der Waals surface area contributed by atoms with Gasteiger partial charge in [-0.15, -0.1) is 0 Å². The molecular weight excluding hydrogens is 246 g/mol. The standard InChI is InChI=1S/C14H25NO4/c1-14(2,3)19-13(17)15-9-11-6-5-10(7-11)8-12(16)18-4/h10-11H,5-9H2,1-4H3,(H,15,17). The summed E-state index contributed by atoms with van der Waals surface area (Å²) in [7, 11) is 1.42. The van der Waals surface area contributed by atoms with Gasteiger partial charge in [0.1, 0.15) is 5.60 Å². The molecule has 0 aromatic carbocycles. The van der Waals surface area contributed by atoms with Crippen molar-refractivity contribution in [3.8, 4) is 0 Å². The fourth-order valence-electron chi connectivity index (χ4n) is 2.41. The van der Waals surface area contributed by atoms with Crippen molar-refractivity contribution < 1.29 is 19.1 Å². The number of esters is 1. The summed E-state index contributed by atoms with van der Waals surface area (Å²) in [6.45, 7) is 6.14. The average molecular weight is 271 g/mol. The molecule has 0 aliphatic heterocycles. The quantitative estimate of drug-likeness (QED) is 0.798. The Balaban J connectivity index is 2.22. The molecule has 5 nitrogen and oxygen atoms in total. The van der Waals surface area contributed by atoms with Gasteiger partial charge in [0.15, 0.2) is 0 Å². The molecule has 2 unspecified atom stereocenters. The van der Waals surface area contributed by atoms with Crippen LogP contribution in [0.1, 0.15) is 46.5 Å². The molecule has 1 fully saturated rings. The molecule has 1 aliphatic rings. The van der Waals surface area contributed by atoms with Gasteiger partial charge in [-0.3, -0.25) is 4.79 Å². The fraction of sp³-hybridized carbons (Fsp3) is 0.857. The zero-order valence-corrected chi connectivity index (χ0v) is 12.3. The predicted octanol–water partition coefficient (Wildman–Crippen LogP) is 2.49. The third kappa shape index (κ3) is 6.45. The van der Waals surface area contributed by atoms with Gasteiger partial charge in [0.05, 0.1) is 7.11 Å². The molecule has 1 amide bonds. The highest BCUT2D eigenvalue weighted by Gasteiger charge is 2.27. The molecule has 0 heterocycles. The van der Waals surface area contributed by atoms with Crippen LogP contribution in [0.15, 0.2) is 0 Å². The molecule has 110 valence electrons. The van der Waals surface area contributed by atoms with Crippen LogP contribution in [0.4, 0.5) is 4.79 Å². The molecule has 1 saturated carbocycles. The molecule has 0 saturated heterocycles. The maximum absolute atomic E-state index is 11.5. The van der Waals surface area contributed by atoms with Crippen LogP contribution in [0.2, 0.25) is 0 Å². The van der Waals surface area contributed by atoms with Gasteiger partial charge in [-0.2, -0.15) is 0 Å². The first kappa shape index (κ1) is 15.8. The van der Waals surface area contributed by atoms with Gasteiger partial charge in [0.2, 0.25) is 0 Å². The number of methoxy groups -OCH3 is 1. The van der Waals surface area contributed by atoms with E-state index in [1.165, 1.54) is 7.11 Å². The Morgan fingerprint density at radius 2 is 1.84 bits per heavy atom. The highest BCUT2D eigenvalue weighted by atomic mass is 16.6. The van der Waals surface area contributed by atoms with Gasteiger partial charge in [0, 0.05) is 13.0 Å². The van der Waals surface area contributed by atoms with Crippen LogP contribution in [-0.2, 0) is 14.3 Å². The summed E-state index contributed by atoms with van der Waals surface area (Å²) in [5.41, 5.74) is -0.465. The predicted molar refractivity (Wildman–Crippen MR) is 71.7 cm³/mol. The van der Waals surface area contributed by atoms with Gasteiger partial charge < -0.3 is 14.8 Å². The lowest BCUT2D eigenvalue weighted by Crippen LogP contribution is -2.34. The van der Waals surface area contributed by atoms with Crippen LogP contribution in [0, 0.1) is 11.8 Å². The van der Waals surface area contributed by atoms with Crippen molar-refractivity contribution >= 4 is 12.1 Å². The van der Waals surface area contributed by atoms with Gasteiger partial charge in [-0.25, -0.2) is 4.79 Å². The van der Waals surface area contributed by atoms with Crippen molar-refractivity contribution in [1.82, 2.24) is 5.32 Å². The molecule has 0 bridgehead atoms. The Morgan fingerprint density at radius 1 is 1.21 bits per heavy atom. The van der Waals surface area contributed by atoms with Crippen LogP contribution >= 0.6 is 0 Å². The Hall–Kier alpha value is -1.26. The molecule has 0 aromatic heterocycles. The van der Waals surface area contributed by atoms with E-state index < -0.39 is 5.60 Å². The average Bonchev–Trinajstić information content (AvgIpc) is 2.71. The number of nitrogens with one attached hydrogen (secondary N) is 1. The normalized spacial score (nSPS) is 22.9. The SMILES string of the molecule is COC(=O)CC1CCC(CNC(=O)OC(C)(C)C)C1.